The Hall–Kier alpha value is -3.70. The summed E-state index contributed by atoms with van der Waals surface area (Å²) in [6.45, 7) is 11.0. The highest BCUT2D eigenvalue weighted by Gasteiger charge is 2.35. The molecule has 2 unspecified atom stereocenters. The number of carbonyl (C=O) groups excluding carboxylic acids is 3. The molecule has 0 aromatic heterocycles. The number of carbonyl (C=O) groups is 3. The third-order valence-corrected chi connectivity index (χ3v) is 6.21. The lowest BCUT2D eigenvalue weighted by atomic mass is 10.0. The molecule has 0 saturated carbocycles. The van der Waals surface area contributed by atoms with Gasteiger partial charge in [0.05, 0.1) is 0 Å². The van der Waals surface area contributed by atoms with Crippen molar-refractivity contribution in [2.75, 3.05) is 23.9 Å². The van der Waals surface area contributed by atoms with Crippen LogP contribution in [0.25, 0.3) is 0 Å². The Bertz CT molecular complexity index is 1170. The number of hydrogen-bond acceptors (Lipinski definition) is 5. The van der Waals surface area contributed by atoms with E-state index in [1.54, 1.807) is 68.9 Å². The molecule has 7 nitrogen and oxygen atoms in total. The average Bonchev–Trinajstić information content (AvgIpc) is 2.86. The van der Waals surface area contributed by atoms with Gasteiger partial charge >= 0.3 is 6.09 Å². The summed E-state index contributed by atoms with van der Waals surface area (Å²) in [6, 6.07) is 12.4. The third-order valence-electron chi connectivity index (χ3n) is 5.56. The van der Waals surface area contributed by atoms with Gasteiger partial charge in [-0.2, -0.15) is 11.8 Å². The highest BCUT2D eigenvalue weighted by molar-refractivity contribution is 7.98. The lowest BCUT2D eigenvalue weighted by molar-refractivity contribution is -0.140. The van der Waals surface area contributed by atoms with Crippen LogP contribution in [0.3, 0.4) is 0 Å². The molecule has 8 heteroatoms. The maximum absolute atomic E-state index is 14.0. The molecule has 0 fully saturated rings. The van der Waals surface area contributed by atoms with Crippen LogP contribution in [0.1, 0.15) is 49.9 Å². The van der Waals surface area contributed by atoms with Crippen molar-refractivity contribution in [3.05, 3.63) is 77.9 Å². The Kier molecular flexibility index (Phi) is 11.5. The van der Waals surface area contributed by atoms with Crippen LogP contribution in [0.2, 0.25) is 0 Å². The second kappa shape index (κ2) is 14.3. The number of nitrogens with one attached hydrogen (secondary N) is 2. The minimum Gasteiger partial charge on any atom is -0.444 e. The first-order valence-corrected chi connectivity index (χ1v) is 13.7. The van der Waals surface area contributed by atoms with Crippen LogP contribution in [-0.2, 0) is 14.3 Å². The summed E-state index contributed by atoms with van der Waals surface area (Å²) >= 11 is 1.55. The molecule has 2 aromatic rings. The predicted molar refractivity (Wildman–Crippen MR) is 155 cm³/mol. The van der Waals surface area contributed by atoms with Gasteiger partial charge in [-0.1, -0.05) is 42.3 Å². The van der Waals surface area contributed by atoms with E-state index in [1.165, 1.54) is 4.90 Å². The van der Waals surface area contributed by atoms with Crippen molar-refractivity contribution in [3.63, 3.8) is 0 Å². The largest absolute Gasteiger partial charge is 0.444 e. The van der Waals surface area contributed by atoms with Crippen LogP contribution in [0.4, 0.5) is 10.5 Å². The first-order valence-electron chi connectivity index (χ1n) is 12.3. The van der Waals surface area contributed by atoms with E-state index < -0.39 is 35.6 Å². The monoisotopic (exact) mass is 535 g/mol. The second-order valence-electron chi connectivity index (χ2n) is 9.73. The normalized spacial score (nSPS) is 12.4. The lowest BCUT2D eigenvalue weighted by Crippen LogP contribution is -2.52. The Labute approximate surface area is 230 Å². The number of anilines is 1. The molecule has 0 saturated heterocycles. The van der Waals surface area contributed by atoms with E-state index in [-0.39, 0.29) is 6.54 Å². The SMILES string of the molecule is C#Cc1ccc(C(C(=O)Nc2ccccc2C)N(CC=C)C(=O)C(CCSC)NC(=O)OC(C)(C)C)cc1. The number of nitrogens with zero attached hydrogens (tertiary/aromatic N) is 1. The molecule has 0 heterocycles. The predicted octanol–water partition coefficient (Wildman–Crippen LogP) is 5.32. The van der Waals surface area contributed by atoms with Crippen molar-refractivity contribution in [3.8, 4) is 12.3 Å². The van der Waals surface area contributed by atoms with E-state index in [1.807, 2.05) is 31.4 Å². The van der Waals surface area contributed by atoms with Crippen molar-refractivity contribution in [1.82, 2.24) is 10.2 Å². The minimum atomic E-state index is -1.01. The van der Waals surface area contributed by atoms with Gasteiger partial charge in [0.15, 0.2) is 0 Å². The molecule has 2 rings (SSSR count). The lowest BCUT2D eigenvalue weighted by Gasteiger charge is -2.34. The van der Waals surface area contributed by atoms with Gasteiger partial charge < -0.3 is 20.3 Å². The van der Waals surface area contributed by atoms with E-state index >= 15 is 0 Å². The van der Waals surface area contributed by atoms with Crippen molar-refractivity contribution < 1.29 is 19.1 Å². The van der Waals surface area contributed by atoms with Gasteiger partial charge in [-0.05, 0) is 75.5 Å². The molecule has 0 aliphatic heterocycles. The van der Waals surface area contributed by atoms with E-state index in [4.69, 9.17) is 11.2 Å². The number of para-hydroxylation sites is 1. The number of ether oxygens (including phenoxy) is 1. The average molecular weight is 536 g/mol. The summed E-state index contributed by atoms with van der Waals surface area (Å²) < 4.78 is 5.40. The molecule has 0 aliphatic rings. The molecule has 0 aliphatic carbocycles. The molecule has 202 valence electrons. The fourth-order valence-corrected chi connectivity index (χ4v) is 4.22. The highest BCUT2D eigenvalue weighted by Crippen LogP contribution is 2.26. The van der Waals surface area contributed by atoms with Gasteiger partial charge in [0.2, 0.25) is 5.91 Å². The maximum Gasteiger partial charge on any atom is 0.408 e. The van der Waals surface area contributed by atoms with E-state index in [0.717, 1.165) is 5.56 Å². The highest BCUT2D eigenvalue weighted by atomic mass is 32.2. The first kappa shape index (κ1) is 30.5. The third kappa shape index (κ3) is 9.00. The number of rotatable bonds is 11. The van der Waals surface area contributed by atoms with Crippen molar-refractivity contribution in [2.24, 2.45) is 0 Å². The Balaban J connectivity index is 2.51. The molecule has 2 atom stereocenters. The van der Waals surface area contributed by atoms with E-state index in [2.05, 4.69) is 23.1 Å². The van der Waals surface area contributed by atoms with Crippen molar-refractivity contribution in [1.29, 1.82) is 0 Å². The number of benzene rings is 2. The van der Waals surface area contributed by atoms with Gasteiger partial charge in [0.25, 0.3) is 5.91 Å². The maximum atomic E-state index is 14.0. The van der Waals surface area contributed by atoms with Crippen LogP contribution < -0.4 is 10.6 Å². The molecule has 3 amide bonds. The second-order valence-corrected chi connectivity index (χ2v) is 10.7. The zero-order valence-corrected chi connectivity index (χ0v) is 23.6. The topological polar surface area (TPSA) is 87.7 Å². The number of hydrogen-bond donors (Lipinski definition) is 2. The molecule has 2 N–H and O–H groups in total. The Morgan fingerprint density at radius 2 is 1.82 bits per heavy atom. The van der Waals surface area contributed by atoms with Crippen LogP contribution in [0.15, 0.2) is 61.2 Å². The van der Waals surface area contributed by atoms with Crippen LogP contribution in [-0.4, -0.2) is 53.0 Å². The van der Waals surface area contributed by atoms with Gasteiger partial charge in [0, 0.05) is 17.8 Å². The van der Waals surface area contributed by atoms with E-state index in [0.29, 0.717) is 29.0 Å². The zero-order chi connectivity index (χ0) is 28.3. The summed E-state index contributed by atoms with van der Waals surface area (Å²) in [5.74, 6) is 2.36. The summed E-state index contributed by atoms with van der Waals surface area (Å²) in [5.41, 5.74) is 2.02. The molecule has 0 spiro atoms. The zero-order valence-electron chi connectivity index (χ0n) is 22.7. The molecular weight excluding hydrogens is 498 g/mol. The van der Waals surface area contributed by atoms with Crippen LogP contribution in [0, 0.1) is 19.3 Å². The van der Waals surface area contributed by atoms with Gasteiger partial charge in [-0.25, -0.2) is 4.79 Å². The number of aryl methyl sites for hydroxylation is 1. The molecule has 0 bridgehead atoms. The number of terminal acetylenes is 1. The van der Waals surface area contributed by atoms with Crippen molar-refractivity contribution in [2.45, 2.75) is 51.8 Å². The molecule has 38 heavy (non-hydrogen) atoms. The summed E-state index contributed by atoms with van der Waals surface area (Å²) in [5, 5.41) is 5.67. The number of thioether (sulfide) groups is 1. The molecule has 2 aromatic carbocycles. The molecule has 0 radical (unpaired) electrons. The smallest absolute Gasteiger partial charge is 0.408 e. The number of alkyl carbamates (subject to hydrolysis) is 1. The van der Waals surface area contributed by atoms with Crippen LogP contribution in [0.5, 0.6) is 0 Å². The minimum absolute atomic E-state index is 0.0767. The standard InChI is InChI=1S/C30H37N3O4S/c1-8-19-33(28(35)25(18-20-38-7)32-29(36)37-30(4,5)6)26(23-16-14-22(9-2)15-17-23)27(34)31-24-13-11-10-12-21(24)3/h2,8,10-17,25-26H,1,18-20H2,3-7H3,(H,31,34)(H,32,36). The van der Waals surface area contributed by atoms with Gasteiger partial charge in [0.1, 0.15) is 17.7 Å². The summed E-state index contributed by atoms with van der Waals surface area (Å²) in [4.78, 5) is 41.8. The first-order chi connectivity index (χ1) is 18.0. The van der Waals surface area contributed by atoms with E-state index in [9.17, 15) is 14.4 Å². The fraction of sp³-hybridized carbons (Fsp3) is 0.367. The fourth-order valence-electron chi connectivity index (χ4n) is 3.75. The van der Waals surface area contributed by atoms with Gasteiger partial charge in [-0.15, -0.1) is 13.0 Å². The van der Waals surface area contributed by atoms with Crippen molar-refractivity contribution >= 4 is 35.4 Å². The molecular formula is C30H37N3O4S. The van der Waals surface area contributed by atoms with Gasteiger partial charge in [-0.3, -0.25) is 9.59 Å². The quantitative estimate of drug-likeness (QED) is 0.301. The Morgan fingerprint density at radius 3 is 2.37 bits per heavy atom. The van der Waals surface area contributed by atoms with Crippen LogP contribution >= 0.6 is 11.8 Å². The summed E-state index contributed by atoms with van der Waals surface area (Å²) in [7, 11) is 0. The Morgan fingerprint density at radius 1 is 1.16 bits per heavy atom. The number of amides is 3. The summed E-state index contributed by atoms with van der Waals surface area (Å²) in [6.07, 6.45) is 8.66.